The monoisotopic (exact) mass is 277 g/mol. The molecule has 1 fully saturated rings. The van der Waals surface area contributed by atoms with Crippen LogP contribution in [0.2, 0.25) is 0 Å². The maximum absolute atomic E-state index is 5.65. The minimum Gasteiger partial charge on any atom is -0.497 e. The molecule has 0 heterocycles. The van der Waals surface area contributed by atoms with Crippen molar-refractivity contribution in [3.63, 3.8) is 0 Å². The van der Waals surface area contributed by atoms with E-state index < -0.39 is 0 Å². The van der Waals surface area contributed by atoms with E-state index in [1.54, 1.807) is 7.11 Å². The Kier molecular flexibility index (Phi) is 5.53. The molecule has 2 N–H and O–H groups in total. The van der Waals surface area contributed by atoms with Gasteiger partial charge in [-0.25, -0.2) is 4.99 Å². The van der Waals surface area contributed by atoms with Crippen molar-refractivity contribution in [2.24, 2.45) is 4.99 Å². The highest BCUT2D eigenvalue weighted by Gasteiger charge is 2.21. The molecule has 5 heteroatoms. The predicted molar refractivity (Wildman–Crippen MR) is 80.6 cm³/mol. The third-order valence-corrected chi connectivity index (χ3v) is 2.93. The lowest BCUT2D eigenvalue weighted by atomic mass is 10.3. The molecule has 1 aliphatic rings. The third-order valence-electron chi connectivity index (χ3n) is 2.93. The van der Waals surface area contributed by atoms with Crippen molar-refractivity contribution < 1.29 is 9.47 Å². The average Bonchev–Trinajstić information content (AvgIpc) is 3.28. The van der Waals surface area contributed by atoms with Gasteiger partial charge in [-0.2, -0.15) is 0 Å². The molecule has 2 rings (SSSR count). The number of nitrogens with one attached hydrogen (secondary N) is 2. The van der Waals surface area contributed by atoms with Crippen molar-refractivity contribution in [1.29, 1.82) is 0 Å². The molecule has 1 aromatic carbocycles. The van der Waals surface area contributed by atoms with E-state index >= 15 is 0 Å². The summed E-state index contributed by atoms with van der Waals surface area (Å²) in [6.07, 6.45) is 2.48. The molecule has 1 aromatic rings. The van der Waals surface area contributed by atoms with Crippen LogP contribution in [0.3, 0.4) is 0 Å². The number of rotatable bonds is 7. The van der Waals surface area contributed by atoms with Crippen molar-refractivity contribution in [3.8, 4) is 11.5 Å². The highest BCUT2D eigenvalue weighted by atomic mass is 16.5. The molecule has 0 unspecified atom stereocenters. The largest absolute Gasteiger partial charge is 0.497 e. The lowest BCUT2D eigenvalue weighted by Gasteiger charge is -2.10. The Morgan fingerprint density at radius 3 is 2.85 bits per heavy atom. The van der Waals surface area contributed by atoms with Gasteiger partial charge in [-0.05, 0) is 31.9 Å². The quantitative estimate of drug-likeness (QED) is 0.453. The molecule has 20 heavy (non-hydrogen) atoms. The standard InChI is InChI=1S/C15H23N3O2/c1-3-16-15(18-12-7-8-12)17-9-10-20-14-6-4-5-13(11-14)19-2/h4-6,11-12H,3,7-10H2,1-2H3,(H2,16,17,18). The lowest BCUT2D eigenvalue weighted by molar-refractivity contribution is 0.325. The lowest BCUT2D eigenvalue weighted by Crippen LogP contribution is -2.38. The first kappa shape index (κ1) is 14.5. The predicted octanol–water partition coefficient (Wildman–Crippen LogP) is 1.79. The first-order valence-electron chi connectivity index (χ1n) is 7.13. The Morgan fingerprint density at radius 1 is 1.35 bits per heavy atom. The van der Waals surface area contributed by atoms with Crippen LogP contribution in [0.15, 0.2) is 29.3 Å². The number of methoxy groups -OCH3 is 1. The van der Waals surface area contributed by atoms with E-state index in [0.717, 1.165) is 24.0 Å². The van der Waals surface area contributed by atoms with Gasteiger partial charge in [0.2, 0.25) is 0 Å². The van der Waals surface area contributed by atoms with E-state index in [9.17, 15) is 0 Å². The van der Waals surface area contributed by atoms with E-state index in [2.05, 4.69) is 22.5 Å². The Bertz CT molecular complexity index is 444. The van der Waals surface area contributed by atoms with Gasteiger partial charge in [0.25, 0.3) is 0 Å². The fraction of sp³-hybridized carbons (Fsp3) is 0.533. The van der Waals surface area contributed by atoms with Crippen LogP contribution in [0.1, 0.15) is 19.8 Å². The van der Waals surface area contributed by atoms with Gasteiger partial charge in [0.05, 0.1) is 13.7 Å². The number of hydrogen-bond donors (Lipinski definition) is 2. The Labute approximate surface area is 120 Å². The van der Waals surface area contributed by atoms with Crippen LogP contribution in [0.25, 0.3) is 0 Å². The van der Waals surface area contributed by atoms with Crippen LogP contribution in [-0.4, -0.2) is 38.8 Å². The van der Waals surface area contributed by atoms with Gasteiger partial charge in [0.1, 0.15) is 18.1 Å². The number of ether oxygens (including phenoxy) is 2. The van der Waals surface area contributed by atoms with E-state index in [1.165, 1.54) is 12.8 Å². The van der Waals surface area contributed by atoms with Gasteiger partial charge in [-0.3, -0.25) is 0 Å². The fourth-order valence-electron chi connectivity index (χ4n) is 1.75. The molecule has 0 aliphatic heterocycles. The Hall–Kier alpha value is -1.91. The van der Waals surface area contributed by atoms with Crippen molar-refractivity contribution >= 4 is 5.96 Å². The molecule has 0 radical (unpaired) electrons. The zero-order valence-corrected chi connectivity index (χ0v) is 12.2. The van der Waals surface area contributed by atoms with Gasteiger partial charge >= 0.3 is 0 Å². The second-order valence-corrected chi connectivity index (χ2v) is 4.71. The number of guanidine groups is 1. The maximum Gasteiger partial charge on any atom is 0.191 e. The van der Waals surface area contributed by atoms with E-state index in [0.29, 0.717) is 19.2 Å². The molecule has 0 atom stereocenters. The van der Waals surface area contributed by atoms with Crippen LogP contribution >= 0.6 is 0 Å². The summed E-state index contributed by atoms with van der Waals surface area (Å²) in [7, 11) is 1.65. The summed E-state index contributed by atoms with van der Waals surface area (Å²) >= 11 is 0. The Morgan fingerprint density at radius 2 is 2.15 bits per heavy atom. The SMILES string of the molecule is CCNC(=NCCOc1cccc(OC)c1)NC1CC1. The van der Waals surface area contributed by atoms with Crippen LogP contribution in [-0.2, 0) is 0 Å². The molecule has 5 nitrogen and oxygen atoms in total. The van der Waals surface area contributed by atoms with Gasteiger partial charge in [-0.1, -0.05) is 6.07 Å². The number of aliphatic imine (C=N–C) groups is 1. The Balaban J connectivity index is 1.75. The molecule has 1 saturated carbocycles. The molecule has 0 aromatic heterocycles. The third kappa shape index (κ3) is 4.99. The highest BCUT2D eigenvalue weighted by molar-refractivity contribution is 5.80. The molecule has 0 bridgehead atoms. The van der Waals surface area contributed by atoms with Crippen molar-refractivity contribution in [2.45, 2.75) is 25.8 Å². The molecule has 0 saturated heterocycles. The molecular weight excluding hydrogens is 254 g/mol. The number of hydrogen-bond acceptors (Lipinski definition) is 3. The van der Waals surface area contributed by atoms with Gasteiger partial charge in [-0.15, -0.1) is 0 Å². The summed E-state index contributed by atoms with van der Waals surface area (Å²) < 4.78 is 10.8. The van der Waals surface area contributed by atoms with E-state index in [-0.39, 0.29) is 0 Å². The summed E-state index contributed by atoms with van der Waals surface area (Å²) in [6, 6.07) is 8.20. The van der Waals surface area contributed by atoms with Crippen LogP contribution in [0, 0.1) is 0 Å². The zero-order valence-electron chi connectivity index (χ0n) is 12.2. The summed E-state index contributed by atoms with van der Waals surface area (Å²) in [5.74, 6) is 2.48. The van der Waals surface area contributed by atoms with Crippen LogP contribution < -0.4 is 20.1 Å². The van der Waals surface area contributed by atoms with Crippen LogP contribution in [0.5, 0.6) is 11.5 Å². The van der Waals surface area contributed by atoms with Gasteiger partial charge in [0, 0.05) is 18.7 Å². The van der Waals surface area contributed by atoms with Gasteiger partial charge in [0.15, 0.2) is 5.96 Å². The minimum atomic E-state index is 0.550. The molecule has 1 aliphatic carbocycles. The van der Waals surface area contributed by atoms with E-state index in [1.807, 2.05) is 24.3 Å². The van der Waals surface area contributed by atoms with E-state index in [4.69, 9.17) is 9.47 Å². The van der Waals surface area contributed by atoms with Crippen LogP contribution in [0.4, 0.5) is 0 Å². The first-order chi connectivity index (χ1) is 9.81. The highest BCUT2D eigenvalue weighted by Crippen LogP contribution is 2.19. The number of benzene rings is 1. The number of nitrogens with zero attached hydrogens (tertiary/aromatic N) is 1. The smallest absolute Gasteiger partial charge is 0.191 e. The second kappa shape index (κ2) is 7.62. The first-order valence-corrected chi connectivity index (χ1v) is 7.13. The molecular formula is C15H23N3O2. The minimum absolute atomic E-state index is 0.550. The van der Waals surface area contributed by atoms with Gasteiger partial charge < -0.3 is 20.1 Å². The summed E-state index contributed by atoms with van der Waals surface area (Å²) in [4.78, 5) is 4.49. The molecule has 110 valence electrons. The fourth-order valence-corrected chi connectivity index (χ4v) is 1.75. The average molecular weight is 277 g/mol. The molecule has 0 amide bonds. The second-order valence-electron chi connectivity index (χ2n) is 4.71. The summed E-state index contributed by atoms with van der Waals surface area (Å²) in [6.45, 7) is 4.11. The topological polar surface area (TPSA) is 54.9 Å². The zero-order chi connectivity index (χ0) is 14.2. The molecule has 0 spiro atoms. The maximum atomic E-state index is 5.65. The normalized spacial score (nSPS) is 14.8. The van der Waals surface area contributed by atoms with Crippen molar-refractivity contribution in [3.05, 3.63) is 24.3 Å². The van der Waals surface area contributed by atoms with Crippen molar-refractivity contribution in [2.75, 3.05) is 26.8 Å². The summed E-state index contributed by atoms with van der Waals surface area (Å²) in [5, 5.41) is 6.61. The van der Waals surface area contributed by atoms with Crippen molar-refractivity contribution in [1.82, 2.24) is 10.6 Å². The summed E-state index contributed by atoms with van der Waals surface area (Å²) in [5.41, 5.74) is 0.